The van der Waals surface area contributed by atoms with Gasteiger partial charge in [0, 0.05) is 19.6 Å². The molecule has 1 saturated heterocycles. The summed E-state index contributed by atoms with van der Waals surface area (Å²) in [6, 6.07) is -1.01. The number of urea groups is 1. The lowest BCUT2D eigenvalue weighted by molar-refractivity contribution is -0.141. The van der Waals surface area contributed by atoms with Gasteiger partial charge in [0.15, 0.2) is 0 Å². The number of carbonyl (C=O) groups excluding carboxylic acids is 2. The SMILES string of the molecule is CCNC(=O)C(C)NC(=O)N1CCC(C(=O)O)C1. The summed E-state index contributed by atoms with van der Waals surface area (Å²) >= 11 is 0. The van der Waals surface area contributed by atoms with Crippen LogP contribution in [0, 0.1) is 5.92 Å². The van der Waals surface area contributed by atoms with Gasteiger partial charge in [-0.15, -0.1) is 0 Å². The maximum Gasteiger partial charge on any atom is 0.318 e. The van der Waals surface area contributed by atoms with Crippen LogP contribution in [0.15, 0.2) is 0 Å². The molecule has 2 unspecified atom stereocenters. The molecule has 0 saturated carbocycles. The third-order valence-corrected chi connectivity index (χ3v) is 2.91. The van der Waals surface area contributed by atoms with E-state index in [1.165, 1.54) is 4.90 Å². The molecule has 0 spiro atoms. The van der Waals surface area contributed by atoms with Crippen LogP contribution in [0.25, 0.3) is 0 Å². The van der Waals surface area contributed by atoms with E-state index in [2.05, 4.69) is 10.6 Å². The van der Waals surface area contributed by atoms with Gasteiger partial charge in [-0.05, 0) is 20.3 Å². The normalized spacial score (nSPS) is 20.3. The first kappa shape index (κ1) is 14.3. The molecule has 2 atom stereocenters. The van der Waals surface area contributed by atoms with Crippen LogP contribution in [0.4, 0.5) is 4.79 Å². The quantitative estimate of drug-likeness (QED) is 0.639. The van der Waals surface area contributed by atoms with Gasteiger partial charge >= 0.3 is 12.0 Å². The Bertz CT molecular complexity index is 345. The molecular weight excluding hydrogens is 238 g/mol. The van der Waals surface area contributed by atoms with E-state index in [4.69, 9.17) is 5.11 Å². The number of aliphatic carboxylic acids is 1. The summed E-state index contributed by atoms with van der Waals surface area (Å²) in [4.78, 5) is 35.4. The van der Waals surface area contributed by atoms with Crippen LogP contribution in [0.3, 0.4) is 0 Å². The van der Waals surface area contributed by atoms with Crippen molar-refractivity contribution >= 4 is 17.9 Å². The van der Waals surface area contributed by atoms with Crippen molar-refractivity contribution in [3.8, 4) is 0 Å². The van der Waals surface area contributed by atoms with Crippen molar-refractivity contribution in [2.24, 2.45) is 5.92 Å². The first-order valence-electron chi connectivity index (χ1n) is 6.01. The molecule has 1 heterocycles. The number of nitrogens with one attached hydrogen (secondary N) is 2. The summed E-state index contributed by atoms with van der Waals surface area (Å²) in [6.07, 6.45) is 0.457. The van der Waals surface area contributed by atoms with E-state index >= 15 is 0 Å². The van der Waals surface area contributed by atoms with Crippen molar-refractivity contribution in [2.75, 3.05) is 19.6 Å². The smallest absolute Gasteiger partial charge is 0.318 e. The molecule has 0 aromatic carbocycles. The summed E-state index contributed by atoms with van der Waals surface area (Å²) < 4.78 is 0. The number of nitrogens with zero attached hydrogens (tertiary/aromatic N) is 1. The Balaban J connectivity index is 2.42. The molecule has 0 aromatic heterocycles. The maximum atomic E-state index is 11.8. The molecule has 0 aromatic rings. The molecule has 3 amide bonds. The second kappa shape index (κ2) is 6.23. The fourth-order valence-electron chi connectivity index (χ4n) is 1.82. The van der Waals surface area contributed by atoms with Crippen LogP contribution in [0.5, 0.6) is 0 Å². The zero-order valence-electron chi connectivity index (χ0n) is 10.6. The molecule has 7 heteroatoms. The highest BCUT2D eigenvalue weighted by Gasteiger charge is 2.31. The minimum Gasteiger partial charge on any atom is -0.481 e. The number of carboxylic acid groups (broad SMARTS) is 1. The average molecular weight is 257 g/mol. The predicted molar refractivity (Wildman–Crippen MR) is 64.0 cm³/mol. The van der Waals surface area contributed by atoms with Crippen molar-refractivity contribution < 1.29 is 19.5 Å². The molecular formula is C11H19N3O4. The first-order valence-corrected chi connectivity index (χ1v) is 6.01. The first-order chi connectivity index (χ1) is 8.45. The molecule has 0 aliphatic carbocycles. The summed E-state index contributed by atoms with van der Waals surface area (Å²) in [6.45, 7) is 4.50. The van der Waals surface area contributed by atoms with Crippen molar-refractivity contribution in [3.63, 3.8) is 0 Å². The summed E-state index contributed by atoms with van der Waals surface area (Å²) in [7, 11) is 0. The molecule has 1 aliphatic rings. The van der Waals surface area contributed by atoms with Gasteiger partial charge in [-0.2, -0.15) is 0 Å². The zero-order chi connectivity index (χ0) is 13.7. The Morgan fingerprint density at radius 2 is 2.11 bits per heavy atom. The Hall–Kier alpha value is -1.79. The highest BCUT2D eigenvalue weighted by atomic mass is 16.4. The molecule has 102 valence electrons. The summed E-state index contributed by atoms with van der Waals surface area (Å²) in [5, 5.41) is 14.0. The number of hydrogen-bond acceptors (Lipinski definition) is 3. The van der Waals surface area contributed by atoms with Crippen molar-refractivity contribution in [1.29, 1.82) is 0 Å². The van der Waals surface area contributed by atoms with Crippen LogP contribution in [-0.2, 0) is 9.59 Å². The van der Waals surface area contributed by atoms with Crippen LogP contribution in [0.2, 0.25) is 0 Å². The highest BCUT2D eigenvalue weighted by molar-refractivity contribution is 5.87. The van der Waals surface area contributed by atoms with Gasteiger partial charge in [-0.25, -0.2) is 4.79 Å². The van der Waals surface area contributed by atoms with E-state index in [0.29, 0.717) is 19.5 Å². The van der Waals surface area contributed by atoms with Gasteiger partial charge in [-0.1, -0.05) is 0 Å². The Morgan fingerprint density at radius 1 is 1.44 bits per heavy atom. The monoisotopic (exact) mass is 257 g/mol. The molecule has 1 fully saturated rings. The van der Waals surface area contributed by atoms with Crippen molar-refractivity contribution in [3.05, 3.63) is 0 Å². The standard InChI is InChI=1S/C11H19N3O4/c1-3-12-9(15)7(2)13-11(18)14-5-4-8(6-14)10(16)17/h7-8H,3-6H2,1-2H3,(H,12,15)(H,13,18)(H,16,17). The number of carboxylic acids is 1. The van der Waals surface area contributed by atoms with E-state index in [0.717, 1.165) is 0 Å². The zero-order valence-corrected chi connectivity index (χ0v) is 10.6. The lowest BCUT2D eigenvalue weighted by Gasteiger charge is -2.20. The lowest BCUT2D eigenvalue weighted by Crippen LogP contribution is -2.49. The van der Waals surface area contributed by atoms with Gasteiger partial charge in [0.1, 0.15) is 6.04 Å². The fraction of sp³-hybridized carbons (Fsp3) is 0.727. The second-order valence-corrected chi connectivity index (χ2v) is 4.34. The maximum absolute atomic E-state index is 11.8. The number of likely N-dealkylation sites (tertiary alicyclic amines) is 1. The van der Waals surface area contributed by atoms with E-state index in [1.807, 2.05) is 0 Å². The van der Waals surface area contributed by atoms with Gasteiger partial charge in [-0.3, -0.25) is 9.59 Å². The predicted octanol–water partition coefficient (Wildman–Crippen LogP) is -0.373. The largest absolute Gasteiger partial charge is 0.481 e. The van der Waals surface area contributed by atoms with Gasteiger partial charge in [0.25, 0.3) is 0 Å². The molecule has 0 radical (unpaired) electrons. The third kappa shape index (κ3) is 3.61. The van der Waals surface area contributed by atoms with Gasteiger partial charge in [0.2, 0.25) is 5.91 Å². The number of hydrogen-bond donors (Lipinski definition) is 3. The van der Waals surface area contributed by atoms with Crippen molar-refractivity contribution in [1.82, 2.24) is 15.5 Å². The topological polar surface area (TPSA) is 98.7 Å². The summed E-state index contributed by atoms with van der Waals surface area (Å²) in [5.41, 5.74) is 0. The van der Waals surface area contributed by atoms with Crippen LogP contribution < -0.4 is 10.6 Å². The lowest BCUT2D eigenvalue weighted by atomic mass is 10.1. The molecule has 18 heavy (non-hydrogen) atoms. The molecule has 3 N–H and O–H groups in total. The number of likely N-dealkylation sites (N-methyl/N-ethyl adjacent to an activating group) is 1. The molecule has 1 rings (SSSR count). The summed E-state index contributed by atoms with van der Waals surface area (Å²) in [5.74, 6) is -1.64. The Kier molecular flexibility index (Phi) is 4.94. The van der Waals surface area contributed by atoms with Crippen molar-refractivity contribution in [2.45, 2.75) is 26.3 Å². The number of amides is 3. The van der Waals surface area contributed by atoms with E-state index < -0.39 is 24.0 Å². The van der Waals surface area contributed by atoms with Crippen LogP contribution in [-0.4, -0.2) is 53.6 Å². The highest BCUT2D eigenvalue weighted by Crippen LogP contribution is 2.16. The van der Waals surface area contributed by atoms with Crippen LogP contribution in [0.1, 0.15) is 20.3 Å². The molecule has 1 aliphatic heterocycles. The van der Waals surface area contributed by atoms with Crippen LogP contribution >= 0.6 is 0 Å². The minimum absolute atomic E-state index is 0.198. The number of carbonyl (C=O) groups is 3. The average Bonchev–Trinajstić information content (AvgIpc) is 2.78. The van der Waals surface area contributed by atoms with E-state index in [9.17, 15) is 14.4 Å². The Labute approximate surface area is 106 Å². The Morgan fingerprint density at radius 3 is 2.61 bits per heavy atom. The minimum atomic E-state index is -0.887. The molecule has 0 bridgehead atoms. The molecule has 7 nitrogen and oxygen atoms in total. The number of rotatable bonds is 4. The van der Waals surface area contributed by atoms with E-state index in [1.54, 1.807) is 13.8 Å². The second-order valence-electron chi connectivity index (χ2n) is 4.34. The third-order valence-electron chi connectivity index (χ3n) is 2.91. The van der Waals surface area contributed by atoms with Gasteiger partial charge < -0.3 is 20.6 Å². The fourth-order valence-corrected chi connectivity index (χ4v) is 1.82. The van der Waals surface area contributed by atoms with E-state index in [-0.39, 0.29) is 12.5 Å². The van der Waals surface area contributed by atoms with Gasteiger partial charge in [0.05, 0.1) is 5.92 Å².